The zero-order chi connectivity index (χ0) is 14.4. The van der Waals surface area contributed by atoms with E-state index >= 15 is 0 Å². The summed E-state index contributed by atoms with van der Waals surface area (Å²) in [6.07, 6.45) is 5.32. The largest absolute Gasteiger partial charge is 0.351 e. The Labute approximate surface area is 118 Å². The third-order valence-corrected chi connectivity index (χ3v) is 3.97. The molecule has 2 rings (SSSR count). The molecule has 0 atom stereocenters. The summed E-state index contributed by atoms with van der Waals surface area (Å²) in [7, 11) is 0. The Hall–Kier alpha value is -1.89. The molecule has 1 N–H and O–H groups in total. The Morgan fingerprint density at radius 2 is 1.80 bits per heavy atom. The Bertz CT molecular complexity index is 496. The van der Waals surface area contributed by atoms with Crippen molar-refractivity contribution in [1.29, 1.82) is 5.26 Å². The van der Waals surface area contributed by atoms with Gasteiger partial charge in [0.2, 0.25) is 5.91 Å². The summed E-state index contributed by atoms with van der Waals surface area (Å²) < 4.78 is 12.8. The number of nitriles is 1. The average Bonchev–Trinajstić information content (AvgIpc) is 2.73. The van der Waals surface area contributed by atoms with E-state index in [2.05, 4.69) is 11.4 Å². The lowest BCUT2D eigenvalue weighted by Crippen LogP contribution is -2.39. The molecule has 3 nitrogen and oxygen atoms in total. The van der Waals surface area contributed by atoms with Gasteiger partial charge in [-0.25, -0.2) is 4.39 Å². The normalized spacial score (nSPS) is 17.8. The van der Waals surface area contributed by atoms with Crippen LogP contribution in [0.3, 0.4) is 0 Å². The fraction of sp³-hybridized carbons (Fsp3) is 0.500. The molecule has 106 valence electrons. The van der Waals surface area contributed by atoms with Crippen molar-refractivity contribution in [1.82, 2.24) is 5.32 Å². The van der Waals surface area contributed by atoms with E-state index in [-0.39, 0.29) is 11.7 Å². The van der Waals surface area contributed by atoms with Gasteiger partial charge in [-0.3, -0.25) is 4.79 Å². The topological polar surface area (TPSA) is 52.9 Å². The molecule has 0 aliphatic heterocycles. The number of nitrogens with one attached hydrogen (secondary N) is 1. The number of hydrogen-bond acceptors (Lipinski definition) is 2. The first-order valence-corrected chi connectivity index (χ1v) is 7.10. The molecule has 0 unspecified atom stereocenters. The smallest absolute Gasteiger partial charge is 0.240 e. The summed E-state index contributed by atoms with van der Waals surface area (Å²) in [5, 5.41) is 12.2. The van der Waals surface area contributed by atoms with Gasteiger partial charge in [-0.05, 0) is 30.5 Å². The van der Waals surface area contributed by atoms with Gasteiger partial charge in [0.25, 0.3) is 0 Å². The zero-order valence-corrected chi connectivity index (χ0v) is 11.5. The molecule has 0 saturated heterocycles. The van der Waals surface area contributed by atoms with Crippen LogP contribution in [0.1, 0.15) is 44.1 Å². The predicted molar refractivity (Wildman–Crippen MR) is 74.0 cm³/mol. The van der Waals surface area contributed by atoms with Crippen molar-refractivity contribution in [3.8, 4) is 6.07 Å². The molecule has 1 aromatic carbocycles. The minimum absolute atomic E-state index is 0.189. The summed E-state index contributed by atoms with van der Waals surface area (Å²) in [5.74, 6) is -0.483. The van der Waals surface area contributed by atoms with Gasteiger partial charge in [0.15, 0.2) is 0 Å². The van der Waals surface area contributed by atoms with E-state index in [9.17, 15) is 14.4 Å². The molecule has 0 heterocycles. The lowest BCUT2D eigenvalue weighted by Gasteiger charge is -2.23. The van der Waals surface area contributed by atoms with Gasteiger partial charge in [0.1, 0.15) is 11.2 Å². The van der Waals surface area contributed by atoms with E-state index < -0.39 is 5.41 Å². The molecule has 0 spiro atoms. The maximum absolute atomic E-state index is 12.8. The first kappa shape index (κ1) is 14.5. The van der Waals surface area contributed by atoms with E-state index in [0.717, 1.165) is 31.2 Å². The van der Waals surface area contributed by atoms with Crippen LogP contribution in [0.25, 0.3) is 0 Å². The summed E-state index contributed by atoms with van der Waals surface area (Å²) in [6, 6.07) is 8.25. The highest BCUT2D eigenvalue weighted by Gasteiger charge is 2.38. The number of nitrogens with zero attached hydrogens (tertiary/aromatic N) is 1. The molecule has 1 aliphatic rings. The number of halogens is 1. The van der Waals surface area contributed by atoms with Crippen molar-refractivity contribution < 1.29 is 9.18 Å². The number of hydrogen-bond donors (Lipinski definition) is 1. The second kappa shape index (κ2) is 6.51. The van der Waals surface area contributed by atoms with Gasteiger partial charge in [-0.2, -0.15) is 5.26 Å². The highest BCUT2D eigenvalue weighted by molar-refractivity contribution is 5.85. The van der Waals surface area contributed by atoms with Gasteiger partial charge in [0, 0.05) is 6.54 Å². The predicted octanol–water partition coefficient (Wildman–Crippen LogP) is 3.31. The van der Waals surface area contributed by atoms with Crippen LogP contribution in [-0.4, -0.2) is 5.91 Å². The molecule has 0 aromatic heterocycles. The summed E-state index contributed by atoms with van der Waals surface area (Å²) in [4.78, 5) is 12.3. The number of rotatable bonds is 3. The zero-order valence-electron chi connectivity index (χ0n) is 11.5. The van der Waals surface area contributed by atoms with Crippen molar-refractivity contribution in [3.05, 3.63) is 35.6 Å². The summed E-state index contributed by atoms with van der Waals surface area (Å²) in [6.45, 7) is 0.336. The molecule has 4 heteroatoms. The first-order chi connectivity index (χ1) is 9.66. The van der Waals surface area contributed by atoms with E-state index in [1.807, 2.05) is 0 Å². The fourth-order valence-electron chi connectivity index (χ4n) is 2.68. The molecule has 1 aliphatic carbocycles. The van der Waals surface area contributed by atoms with Gasteiger partial charge < -0.3 is 5.32 Å². The average molecular weight is 274 g/mol. The van der Waals surface area contributed by atoms with Crippen molar-refractivity contribution >= 4 is 5.91 Å². The standard InChI is InChI=1S/C16H19FN2O/c17-14-7-5-13(6-8-14)11-19-15(20)16(12-18)9-3-1-2-4-10-16/h5-8H,1-4,9-11H2,(H,19,20). The lowest BCUT2D eigenvalue weighted by atomic mass is 9.81. The minimum Gasteiger partial charge on any atom is -0.351 e. The Morgan fingerprint density at radius 1 is 1.20 bits per heavy atom. The quantitative estimate of drug-likeness (QED) is 0.860. The van der Waals surface area contributed by atoms with Gasteiger partial charge in [-0.15, -0.1) is 0 Å². The Morgan fingerprint density at radius 3 is 2.35 bits per heavy atom. The maximum Gasteiger partial charge on any atom is 0.240 e. The van der Waals surface area contributed by atoms with Crippen LogP contribution in [0.4, 0.5) is 4.39 Å². The summed E-state index contributed by atoms with van der Waals surface area (Å²) >= 11 is 0. The van der Waals surface area contributed by atoms with E-state index in [0.29, 0.717) is 19.4 Å². The van der Waals surface area contributed by atoms with Crippen LogP contribution in [0.2, 0.25) is 0 Å². The Kier molecular flexibility index (Phi) is 4.73. The van der Waals surface area contributed by atoms with Crippen molar-refractivity contribution in [2.45, 2.75) is 45.1 Å². The van der Waals surface area contributed by atoms with Crippen LogP contribution >= 0.6 is 0 Å². The van der Waals surface area contributed by atoms with Crippen LogP contribution in [0.5, 0.6) is 0 Å². The molecule has 1 amide bonds. The van der Waals surface area contributed by atoms with Gasteiger partial charge >= 0.3 is 0 Å². The Balaban J connectivity index is 1.99. The first-order valence-electron chi connectivity index (χ1n) is 7.10. The SMILES string of the molecule is N#CC1(C(=O)NCc2ccc(F)cc2)CCCCCC1. The second-order valence-corrected chi connectivity index (χ2v) is 5.42. The van der Waals surface area contributed by atoms with Crippen molar-refractivity contribution in [2.75, 3.05) is 0 Å². The van der Waals surface area contributed by atoms with E-state index in [4.69, 9.17) is 0 Å². The highest BCUT2D eigenvalue weighted by Crippen LogP contribution is 2.34. The molecule has 0 bridgehead atoms. The molecule has 0 radical (unpaired) electrons. The molecule has 1 aromatic rings. The van der Waals surface area contributed by atoms with Gasteiger partial charge in [-0.1, -0.05) is 37.8 Å². The molecular weight excluding hydrogens is 255 g/mol. The monoisotopic (exact) mass is 274 g/mol. The van der Waals surface area contributed by atoms with E-state index in [1.54, 1.807) is 12.1 Å². The van der Waals surface area contributed by atoms with Crippen LogP contribution in [-0.2, 0) is 11.3 Å². The van der Waals surface area contributed by atoms with Crippen molar-refractivity contribution in [3.63, 3.8) is 0 Å². The van der Waals surface area contributed by atoms with Gasteiger partial charge in [0.05, 0.1) is 6.07 Å². The fourth-order valence-corrected chi connectivity index (χ4v) is 2.68. The minimum atomic E-state index is -0.878. The lowest BCUT2D eigenvalue weighted by molar-refractivity contribution is -0.129. The molecule has 20 heavy (non-hydrogen) atoms. The third-order valence-electron chi connectivity index (χ3n) is 3.97. The summed E-state index contributed by atoms with van der Waals surface area (Å²) in [5.41, 5.74) is -0.0438. The van der Waals surface area contributed by atoms with Crippen LogP contribution in [0.15, 0.2) is 24.3 Å². The number of benzene rings is 1. The number of amides is 1. The van der Waals surface area contributed by atoms with Crippen LogP contribution in [0, 0.1) is 22.6 Å². The maximum atomic E-state index is 12.8. The van der Waals surface area contributed by atoms with E-state index in [1.165, 1.54) is 12.1 Å². The molecule has 1 saturated carbocycles. The van der Waals surface area contributed by atoms with Crippen molar-refractivity contribution in [2.24, 2.45) is 5.41 Å². The number of carbonyl (C=O) groups is 1. The number of carbonyl (C=O) groups excluding carboxylic acids is 1. The third kappa shape index (κ3) is 3.36. The second-order valence-electron chi connectivity index (χ2n) is 5.42. The highest BCUT2D eigenvalue weighted by atomic mass is 19.1. The van der Waals surface area contributed by atoms with Crippen LogP contribution < -0.4 is 5.32 Å². The molecule has 1 fully saturated rings. The molecular formula is C16H19FN2O.